The van der Waals surface area contributed by atoms with Crippen LogP contribution >= 0.6 is 0 Å². The molecule has 0 atom stereocenters. The maximum absolute atomic E-state index is 5.11. The number of hydrogen-bond acceptors (Lipinski definition) is 3. The number of methoxy groups -OCH3 is 1. The molecule has 0 saturated carbocycles. The summed E-state index contributed by atoms with van der Waals surface area (Å²) in [5, 5.41) is 6.72. The molecule has 13 heavy (non-hydrogen) atoms. The van der Waals surface area contributed by atoms with Crippen LogP contribution in [0, 0.1) is 0 Å². The van der Waals surface area contributed by atoms with Gasteiger partial charge in [0.15, 0.2) is 0 Å². The zero-order valence-electron chi connectivity index (χ0n) is 7.19. The maximum Gasteiger partial charge on any atom is 0.222 e. The van der Waals surface area contributed by atoms with Gasteiger partial charge in [-0.15, -0.1) is 0 Å². The fourth-order valence-electron chi connectivity index (χ4n) is 1.16. The lowest BCUT2D eigenvalue weighted by molar-refractivity contribution is 0.399. The Hall–Kier alpha value is -1.84. The molecule has 0 aromatic carbocycles. The Morgan fingerprint density at radius 3 is 2.92 bits per heavy atom. The van der Waals surface area contributed by atoms with Crippen molar-refractivity contribution in [2.75, 3.05) is 7.11 Å². The van der Waals surface area contributed by atoms with Crippen molar-refractivity contribution < 1.29 is 4.74 Å². The van der Waals surface area contributed by atoms with Crippen LogP contribution in [0.5, 0.6) is 5.88 Å². The van der Waals surface area contributed by atoms with Crippen molar-refractivity contribution in [3.63, 3.8) is 0 Å². The van der Waals surface area contributed by atoms with E-state index in [9.17, 15) is 0 Å². The third-order valence-electron chi connectivity index (χ3n) is 1.76. The number of rotatable bonds is 2. The highest BCUT2D eigenvalue weighted by Crippen LogP contribution is 2.24. The summed E-state index contributed by atoms with van der Waals surface area (Å²) in [6.07, 6.45) is 3.39. The van der Waals surface area contributed by atoms with E-state index in [0.717, 1.165) is 11.3 Å². The number of pyridine rings is 1. The lowest BCUT2D eigenvalue weighted by Gasteiger charge is -2.03. The van der Waals surface area contributed by atoms with Crippen molar-refractivity contribution in [1.82, 2.24) is 15.2 Å². The van der Waals surface area contributed by atoms with Gasteiger partial charge in [-0.05, 0) is 18.2 Å². The van der Waals surface area contributed by atoms with Gasteiger partial charge in [0.2, 0.25) is 5.88 Å². The Balaban J connectivity index is 2.51. The molecule has 0 radical (unpaired) electrons. The largest absolute Gasteiger partial charge is 0.481 e. The van der Waals surface area contributed by atoms with Crippen molar-refractivity contribution >= 4 is 0 Å². The molecule has 0 saturated heterocycles. The number of H-pyrrole nitrogens is 1. The standard InChI is InChI=1S/C9H9N3O/c1-13-9-7(3-2-5-10-9)8-4-6-11-12-8/h2-6H,1H3,(H,11,12). The lowest BCUT2D eigenvalue weighted by Crippen LogP contribution is -1.90. The predicted octanol–water partition coefficient (Wildman–Crippen LogP) is 1.48. The van der Waals surface area contributed by atoms with E-state index in [2.05, 4.69) is 15.2 Å². The van der Waals surface area contributed by atoms with Crippen LogP contribution in [0.1, 0.15) is 0 Å². The van der Waals surface area contributed by atoms with E-state index in [1.165, 1.54) is 0 Å². The molecule has 2 heterocycles. The van der Waals surface area contributed by atoms with E-state index in [-0.39, 0.29) is 0 Å². The summed E-state index contributed by atoms with van der Waals surface area (Å²) in [6.45, 7) is 0. The highest BCUT2D eigenvalue weighted by Gasteiger charge is 2.05. The summed E-state index contributed by atoms with van der Waals surface area (Å²) in [5.74, 6) is 0.603. The van der Waals surface area contributed by atoms with Gasteiger partial charge >= 0.3 is 0 Å². The monoisotopic (exact) mass is 175 g/mol. The summed E-state index contributed by atoms with van der Waals surface area (Å²) in [4.78, 5) is 4.08. The molecule has 0 aliphatic heterocycles. The molecular formula is C9H9N3O. The van der Waals surface area contributed by atoms with Gasteiger partial charge in [0.25, 0.3) is 0 Å². The van der Waals surface area contributed by atoms with Gasteiger partial charge in [0.05, 0.1) is 18.4 Å². The summed E-state index contributed by atoms with van der Waals surface area (Å²) in [5.41, 5.74) is 1.83. The zero-order chi connectivity index (χ0) is 9.10. The Morgan fingerprint density at radius 2 is 2.23 bits per heavy atom. The van der Waals surface area contributed by atoms with Crippen LogP contribution < -0.4 is 4.74 Å². The quantitative estimate of drug-likeness (QED) is 0.752. The number of nitrogens with zero attached hydrogens (tertiary/aromatic N) is 2. The first-order chi connectivity index (χ1) is 6.42. The van der Waals surface area contributed by atoms with Gasteiger partial charge in [-0.25, -0.2) is 4.98 Å². The molecule has 1 N–H and O–H groups in total. The van der Waals surface area contributed by atoms with Gasteiger partial charge in [-0.2, -0.15) is 5.10 Å². The van der Waals surface area contributed by atoms with Crippen LogP contribution in [0.2, 0.25) is 0 Å². The Kier molecular flexibility index (Phi) is 1.96. The molecular weight excluding hydrogens is 166 g/mol. The van der Waals surface area contributed by atoms with Gasteiger partial charge in [0.1, 0.15) is 0 Å². The fourth-order valence-corrected chi connectivity index (χ4v) is 1.16. The maximum atomic E-state index is 5.11. The number of aromatic nitrogens is 3. The first-order valence-electron chi connectivity index (χ1n) is 3.90. The van der Waals surface area contributed by atoms with Gasteiger partial charge in [0, 0.05) is 12.4 Å². The number of ether oxygens (including phenoxy) is 1. The summed E-state index contributed by atoms with van der Waals surface area (Å²) in [6, 6.07) is 5.66. The molecule has 2 aromatic rings. The third kappa shape index (κ3) is 1.38. The minimum absolute atomic E-state index is 0.603. The summed E-state index contributed by atoms with van der Waals surface area (Å²) in [7, 11) is 1.60. The van der Waals surface area contributed by atoms with E-state index in [1.807, 2.05) is 18.2 Å². The molecule has 0 amide bonds. The van der Waals surface area contributed by atoms with E-state index in [0.29, 0.717) is 5.88 Å². The van der Waals surface area contributed by atoms with E-state index in [1.54, 1.807) is 19.5 Å². The minimum atomic E-state index is 0.603. The smallest absolute Gasteiger partial charge is 0.222 e. The first kappa shape index (κ1) is 7.79. The highest BCUT2D eigenvalue weighted by atomic mass is 16.5. The normalized spacial score (nSPS) is 9.92. The zero-order valence-corrected chi connectivity index (χ0v) is 7.19. The topological polar surface area (TPSA) is 50.8 Å². The van der Waals surface area contributed by atoms with E-state index in [4.69, 9.17) is 4.74 Å². The second-order valence-electron chi connectivity index (χ2n) is 2.53. The molecule has 2 aromatic heterocycles. The van der Waals surface area contributed by atoms with Crippen LogP contribution in [0.4, 0.5) is 0 Å². The number of hydrogen-bond donors (Lipinski definition) is 1. The molecule has 0 aliphatic carbocycles. The van der Waals surface area contributed by atoms with Crippen molar-refractivity contribution in [1.29, 1.82) is 0 Å². The van der Waals surface area contributed by atoms with E-state index >= 15 is 0 Å². The van der Waals surface area contributed by atoms with Crippen LogP contribution in [0.15, 0.2) is 30.6 Å². The van der Waals surface area contributed by atoms with Crippen molar-refractivity contribution in [2.45, 2.75) is 0 Å². The lowest BCUT2D eigenvalue weighted by atomic mass is 10.2. The Bertz CT molecular complexity index is 384. The fraction of sp³-hybridized carbons (Fsp3) is 0.111. The molecule has 0 bridgehead atoms. The van der Waals surface area contributed by atoms with Gasteiger partial charge < -0.3 is 4.74 Å². The molecule has 0 fully saturated rings. The van der Waals surface area contributed by atoms with Crippen molar-refractivity contribution in [2.24, 2.45) is 0 Å². The molecule has 4 nitrogen and oxygen atoms in total. The molecule has 0 aliphatic rings. The van der Waals surface area contributed by atoms with Crippen molar-refractivity contribution in [3.8, 4) is 17.1 Å². The van der Waals surface area contributed by atoms with E-state index < -0.39 is 0 Å². The predicted molar refractivity (Wildman–Crippen MR) is 48.4 cm³/mol. The van der Waals surface area contributed by atoms with Crippen LogP contribution in [-0.4, -0.2) is 22.3 Å². The summed E-state index contributed by atoms with van der Waals surface area (Å²) >= 11 is 0. The number of nitrogens with one attached hydrogen (secondary N) is 1. The Labute approximate surface area is 75.6 Å². The molecule has 66 valence electrons. The summed E-state index contributed by atoms with van der Waals surface area (Å²) < 4.78 is 5.11. The second kappa shape index (κ2) is 3.26. The second-order valence-corrected chi connectivity index (χ2v) is 2.53. The molecule has 4 heteroatoms. The first-order valence-corrected chi connectivity index (χ1v) is 3.90. The number of aromatic amines is 1. The average molecular weight is 175 g/mol. The average Bonchev–Trinajstić information content (AvgIpc) is 2.70. The molecule has 2 rings (SSSR count). The SMILES string of the molecule is COc1ncccc1-c1ccn[nH]1. The minimum Gasteiger partial charge on any atom is -0.481 e. The van der Waals surface area contributed by atoms with Crippen LogP contribution in [0.25, 0.3) is 11.3 Å². The van der Waals surface area contributed by atoms with Crippen LogP contribution in [0.3, 0.4) is 0 Å². The molecule has 0 spiro atoms. The van der Waals surface area contributed by atoms with Gasteiger partial charge in [-0.1, -0.05) is 0 Å². The molecule has 0 unspecified atom stereocenters. The van der Waals surface area contributed by atoms with Crippen LogP contribution in [-0.2, 0) is 0 Å². The third-order valence-corrected chi connectivity index (χ3v) is 1.76. The van der Waals surface area contributed by atoms with Gasteiger partial charge in [-0.3, -0.25) is 5.10 Å². The van der Waals surface area contributed by atoms with Crippen molar-refractivity contribution in [3.05, 3.63) is 30.6 Å². The highest BCUT2D eigenvalue weighted by molar-refractivity contribution is 5.63. The Morgan fingerprint density at radius 1 is 1.31 bits per heavy atom.